The molecular weight excluding hydrogens is 299 g/mol. The fourth-order valence-corrected chi connectivity index (χ4v) is 4.05. The summed E-state index contributed by atoms with van der Waals surface area (Å²) in [6, 6.07) is 8.72. The number of nitrogens with two attached hydrogens (primary N) is 1. The van der Waals surface area contributed by atoms with Crippen LogP contribution in [0.15, 0.2) is 46.7 Å². The Morgan fingerprint density at radius 2 is 2.05 bits per heavy atom. The maximum absolute atomic E-state index is 13.2. The monoisotopic (exact) mass is 314 g/mol. The van der Waals surface area contributed by atoms with Gasteiger partial charge in [-0.25, -0.2) is 12.8 Å². The van der Waals surface area contributed by atoms with Crippen molar-refractivity contribution in [3.8, 4) is 0 Å². The maximum atomic E-state index is 13.2. The first-order valence-corrected chi connectivity index (χ1v) is 8.34. The van der Waals surface area contributed by atoms with E-state index < -0.39 is 15.8 Å². The molecule has 0 aliphatic rings. The molecule has 0 bridgehead atoms. The van der Waals surface area contributed by atoms with E-state index in [4.69, 9.17) is 5.73 Å². The Bertz CT molecular complexity index is 657. The zero-order valence-electron chi connectivity index (χ0n) is 10.7. The first-order chi connectivity index (χ1) is 9.54. The molecule has 0 saturated heterocycles. The molecule has 0 radical (unpaired) electrons. The molecule has 1 heterocycles. The number of halogens is 1. The molecule has 0 unspecified atom stereocenters. The largest absolute Gasteiger partial charge is 0.329 e. The molecule has 0 amide bonds. The van der Waals surface area contributed by atoms with Crippen LogP contribution in [-0.2, 0) is 16.6 Å². The molecule has 7 heteroatoms. The number of thiophene rings is 1. The van der Waals surface area contributed by atoms with E-state index in [2.05, 4.69) is 0 Å². The van der Waals surface area contributed by atoms with Crippen LogP contribution in [0.1, 0.15) is 4.88 Å². The fraction of sp³-hybridized carbons (Fsp3) is 0.231. The molecule has 0 atom stereocenters. The molecule has 4 nitrogen and oxygen atoms in total. The summed E-state index contributed by atoms with van der Waals surface area (Å²) in [6.45, 7) is 0.643. The van der Waals surface area contributed by atoms with Crippen molar-refractivity contribution >= 4 is 21.4 Å². The van der Waals surface area contributed by atoms with Crippen LogP contribution in [0.2, 0.25) is 0 Å². The third-order valence-electron chi connectivity index (χ3n) is 2.72. The summed E-state index contributed by atoms with van der Waals surface area (Å²) < 4.78 is 39.5. The van der Waals surface area contributed by atoms with Gasteiger partial charge >= 0.3 is 0 Å². The van der Waals surface area contributed by atoms with Crippen molar-refractivity contribution in [3.05, 3.63) is 52.5 Å². The van der Waals surface area contributed by atoms with Crippen LogP contribution in [-0.4, -0.2) is 25.8 Å². The minimum Gasteiger partial charge on any atom is -0.329 e. The van der Waals surface area contributed by atoms with E-state index in [9.17, 15) is 12.8 Å². The molecule has 1 aromatic carbocycles. The van der Waals surface area contributed by atoms with Crippen molar-refractivity contribution in [2.75, 3.05) is 13.1 Å². The number of sulfonamides is 1. The maximum Gasteiger partial charge on any atom is 0.243 e. The number of rotatable bonds is 6. The number of hydrogen-bond acceptors (Lipinski definition) is 4. The number of hydrogen-bond donors (Lipinski definition) is 1. The summed E-state index contributed by atoms with van der Waals surface area (Å²) in [6.07, 6.45) is 0. The molecule has 108 valence electrons. The Labute approximate surface area is 121 Å². The summed E-state index contributed by atoms with van der Waals surface area (Å²) in [5.74, 6) is -0.574. The van der Waals surface area contributed by atoms with Gasteiger partial charge in [0.1, 0.15) is 5.82 Å². The summed E-state index contributed by atoms with van der Waals surface area (Å²) in [5.41, 5.74) is 5.49. The van der Waals surface area contributed by atoms with E-state index in [1.165, 1.54) is 33.8 Å². The zero-order chi connectivity index (χ0) is 14.6. The minimum atomic E-state index is -3.74. The van der Waals surface area contributed by atoms with Crippen LogP contribution in [0.3, 0.4) is 0 Å². The Balaban J connectivity index is 2.32. The summed E-state index contributed by atoms with van der Waals surface area (Å²) >= 11 is 1.47. The van der Waals surface area contributed by atoms with E-state index >= 15 is 0 Å². The standard InChI is InChI=1S/C13H15FN2O2S2/c14-11-3-1-5-13(9-11)20(17,18)16(7-6-15)10-12-4-2-8-19-12/h1-5,8-9H,6-7,10,15H2. The zero-order valence-corrected chi connectivity index (χ0v) is 12.3. The van der Waals surface area contributed by atoms with Crippen LogP contribution < -0.4 is 5.73 Å². The van der Waals surface area contributed by atoms with Crippen molar-refractivity contribution in [1.82, 2.24) is 4.31 Å². The van der Waals surface area contributed by atoms with Gasteiger partial charge in [0.2, 0.25) is 10.0 Å². The summed E-state index contributed by atoms with van der Waals surface area (Å²) in [7, 11) is -3.74. The molecule has 2 N–H and O–H groups in total. The second-order valence-electron chi connectivity index (χ2n) is 4.16. The van der Waals surface area contributed by atoms with Gasteiger partial charge in [-0.15, -0.1) is 11.3 Å². The first-order valence-electron chi connectivity index (χ1n) is 6.02. The van der Waals surface area contributed by atoms with E-state index in [1.807, 2.05) is 17.5 Å². The van der Waals surface area contributed by atoms with Gasteiger partial charge < -0.3 is 5.73 Å². The van der Waals surface area contributed by atoms with Gasteiger partial charge in [0, 0.05) is 24.5 Å². The summed E-state index contributed by atoms with van der Waals surface area (Å²) in [4.78, 5) is 0.862. The van der Waals surface area contributed by atoms with Gasteiger partial charge in [-0.3, -0.25) is 0 Å². The van der Waals surface area contributed by atoms with Crippen LogP contribution >= 0.6 is 11.3 Å². The van der Waals surface area contributed by atoms with E-state index in [-0.39, 0.29) is 24.5 Å². The Kier molecular flexibility index (Phi) is 4.87. The fourth-order valence-electron chi connectivity index (χ4n) is 1.78. The SMILES string of the molecule is NCCN(Cc1cccs1)S(=O)(=O)c1cccc(F)c1. The van der Waals surface area contributed by atoms with Crippen LogP contribution in [0, 0.1) is 5.82 Å². The lowest BCUT2D eigenvalue weighted by atomic mass is 10.4. The Hall–Kier alpha value is -1.28. The van der Waals surface area contributed by atoms with Gasteiger partial charge in [-0.2, -0.15) is 4.31 Å². The normalized spacial score (nSPS) is 11.9. The minimum absolute atomic E-state index is 0.0532. The van der Waals surface area contributed by atoms with Gasteiger partial charge in [-0.1, -0.05) is 12.1 Å². The molecule has 0 saturated carbocycles. The molecule has 0 aliphatic heterocycles. The third-order valence-corrected chi connectivity index (χ3v) is 5.43. The second kappa shape index (κ2) is 6.45. The van der Waals surface area contributed by atoms with Crippen LogP contribution in [0.5, 0.6) is 0 Å². The quantitative estimate of drug-likeness (QED) is 0.887. The lowest BCUT2D eigenvalue weighted by molar-refractivity contribution is 0.416. The Morgan fingerprint density at radius 3 is 2.65 bits per heavy atom. The predicted octanol–water partition coefficient (Wildman–Crippen LogP) is 2.04. The van der Waals surface area contributed by atoms with Crippen molar-refractivity contribution < 1.29 is 12.8 Å². The molecule has 0 aliphatic carbocycles. The Morgan fingerprint density at radius 1 is 1.25 bits per heavy atom. The molecule has 1 aromatic heterocycles. The average Bonchev–Trinajstić information content (AvgIpc) is 2.91. The smallest absolute Gasteiger partial charge is 0.243 e. The van der Waals surface area contributed by atoms with E-state index in [0.717, 1.165) is 10.9 Å². The molecule has 20 heavy (non-hydrogen) atoms. The topological polar surface area (TPSA) is 63.4 Å². The lowest BCUT2D eigenvalue weighted by Crippen LogP contribution is -2.34. The number of benzene rings is 1. The first kappa shape index (κ1) is 15.1. The highest BCUT2D eigenvalue weighted by atomic mass is 32.2. The highest BCUT2D eigenvalue weighted by molar-refractivity contribution is 7.89. The van der Waals surface area contributed by atoms with Crippen molar-refractivity contribution in [3.63, 3.8) is 0 Å². The molecule has 2 aromatic rings. The van der Waals surface area contributed by atoms with Gasteiger partial charge in [-0.05, 0) is 29.6 Å². The summed E-state index contributed by atoms with van der Waals surface area (Å²) in [5, 5.41) is 1.88. The van der Waals surface area contributed by atoms with Crippen LogP contribution in [0.4, 0.5) is 4.39 Å². The van der Waals surface area contributed by atoms with E-state index in [0.29, 0.717) is 0 Å². The average molecular weight is 314 g/mol. The lowest BCUT2D eigenvalue weighted by Gasteiger charge is -2.21. The number of nitrogens with zero attached hydrogens (tertiary/aromatic N) is 1. The van der Waals surface area contributed by atoms with Crippen molar-refractivity contribution in [2.45, 2.75) is 11.4 Å². The van der Waals surface area contributed by atoms with Gasteiger partial charge in [0.05, 0.1) is 4.90 Å². The highest BCUT2D eigenvalue weighted by Crippen LogP contribution is 2.20. The van der Waals surface area contributed by atoms with Gasteiger partial charge in [0.15, 0.2) is 0 Å². The molecular formula is C13H15FN2O2S2. The molecule has 0 spiro atoms. The van der Waals surface area contributed by atoms with Crippen molar-refractivity contribution in [1.29, 1.82) is 0 Å². The molecule has 2 rings (SSSR count). The van der Waals surface area contributed by atoms with Gasteiger partial charge in [0.25, 0.3) is 0 Å². The highest BCUT2D eigenvalue weighted by Gasteiger charge is 2.24. The van der Waals surface area contributed by atoms with E-state index in [1.54, 1.807) is 0 Å². The second-order valence-corrected chi connectivity index (χ2v) is 7.13. The predicted molar refractivity (Wildman–Crippen MR) is 77.4 cm³/mol. The third kappa shape index (κ3) is 3.43. The van der Waals surface area contributed by atoms with Crippen molar-refractivity contribution in [2.24, 2.45) is 5.73 Å². The molecule has 0 fully saturated rings. The van der Waals surface area contributed by atoms with Crippen LogP contribution in [0.25, 0.3) is 0 Å².